The zero-order valence-electron chi connectivity index (χ0n) is 11.8. The van der Waals surface area contributed by atoms with Gasteiger partial charge in [0.25, 0.3) is 0 Å². The molecule has 0 aromatic heterocycles. The zero-order chi connectivity index (χ0) is 14.5. The molecule has 0 amide bonds. The van der Waals surface area contributed by atoms with Crippen LogP contribution in [0.25, 0.3) is 0 Å². The van der Waals surface area contributed by atoms with Crippen molar-refractivity contribution in [1.82, 2.24) is 0 Å². The number of rotatable bonds is 5. The number of nitrogens with one attached hydrogen (secondary N) is 1. The second-order valence-electron chi connectivity index (χ2n) is 4.80. The van der Waals surface area contributed by atoms with Gasteiger partial charge in [-0.05, 0) is 36.6 Å². The summed E-state index contributed by atoms with van der Waals surface area (Å²) < 4.78 is 0. The molecule has 0 heterocycles. The summed E-state index contributed by atoms with van der Waals surface area (Å²) >= 11 is 0. The summed E-state index contributed by atoms with van der Waals surface area (Å²) in [5.74, 6) is -0.890. The van der Waals surface area contributed by atoms with Gasteiger partial charge in [-0.15, -0.1) is 0 Å². The molecule has 0 aliphatic heterocycles. The van der Waals surface area contributed by atoms with E-state index < -0.39 is 5.97 Å². The summed E-state index contributed by atoms with van der Waals surface area (Å²) in [6.07, 6.45) is 0.931. The largest absolute Gasteiger partial charge is 0.478 e. The highest BCUT2D eigenvalue weighted by atomic mass is 16.4. The van der Waals surface area contributed by atoms with E-state index in [1.807, 2.05) is 31.2 Å². The maximum atomic E-state index is 11.2. The molecule has 1 unspecified atom stereocenters. The summed E-state index contributed by atoms with van der Waals surface area (Å²) in [7, 11) is 0. The standard InChI is InChI=1S/C17H19NO2/c1-3-15(13-8-5-4-6-9-13)18-16-11-7-10-14(12(16)2)17(19)20/h4-11,15,18H,3H2,1-2H3,(H,19,20). The molecule has 0 spiro atoms. The van der Waals surface area contributed by atoms with Gasteiger partial charge in [-0.2, -0.15) is 0 Å². The quantitative estimate of drug-likeness (QED) is 0.852. The van der Waals surface area contributed by atoms with Crippen molar-refractivity contribution in [2.45, 2.75) is 26.3 Å². The lowest BCUT2D eigenvalue weighted by Crippen LogP contribution is -2.12. The smallest absolute Gasteiger partial charge is 0.336 e. The van der Waals surface area contributed by atoms with E-state index >= 15 is 0 Å². The molecule has 2 rings (SSSR count). The number of carboxylic acids is 1. The van der Waals surface area contributed by atoms with E-state index in [-0.39, 0.29) is 6.04 Å². The monoisotopic (exact) mass is 269 g/mol. The molecule has 0 aliphatic rings. The molecule has 0 saturated heterocycles. The lowest BCUT2D eigenvalue weighted by molar-refractivity contribution is 0.0696. The number of hydrogen-bond acceptors (Lipinski definition) is 2. The van der Waals surface area contributed by atoms with Gasteiger partial charge in [-0.1, -0.05) is 43.3 Å². The third-order valence-electron chi connectivity index (χ3n) is 3.50. The Bertz CT molecular complexity index is 593. The molecule has 0 aliphatic carbocycles. The predicted octanol–water partition coefficient (Wildman–Crippen LogP) is 4.26. The van der Waals surface area contributed by atoms with Gasteiger partial charge in [0.05, 0.1) is 11.6 Å². The van der Waals surface area contributed by atoms with Crippen molar-refractivity contribution in [1.29, 1.82) is 0 Å². The summed E-state index contributed by atoms with van der Waals surface area (Å²) in [4.78, 5) is 11.2. The fourth-order valence-corrected chi connectivity index (χ4v) is 2.32. The third kappa shape index (κ3) is 2.99. The SMILES string of the molecule is CCC(Nc1cccc(C(=O)O)c1C)c1ccccc1. The second kappa shape index (κ2) is 6.24. The topological polar surface area (TPSA) is 49.3 Å². The van der Waals surface area contributed by atoms with Crippen LogP contribution in [0.3, 0.4) is 0 Å². The first-order valence-corrected chi connectivity index (χ1v) is 6.78. The molecule has 3 heteroatoms. The van der Waals surface area contributed by atoms with Crippen LogP contribution in [0.4, 0.5) is 5.69 Å². The molecular weight excluding hydrogens is 250 g/mol. The first-order chi connectivity index (χ1) is 9.63. The van der Waals surface area contributed by atoms with Crippen LogP contribution in [-0.2, 0) is 0 Å². The Morgan fingerprint density at radius 1 is 1.15 bits per heavy atom. The fourth-order valence-electron chi connectivity index (χ4n) is 2.32. The Morgan fingerprint density at radius 3 is 2.45 bits per heavy atom. The number of aromatic carboxylic acids is 1. The molecule has 3 nitrogen and oxygen atoms in total. The van der Waals surface area contributed by atoms with E-state index in [0.29, 0.717) is 5.56 Å². The Labute approximate surface area is 119 Å². The van der Waals surface area contributed by atoms with Crippen molar-refractivity contribution in [2.24, 2.45) is 0 Å². The van der Waals surface area contributed by atoms with Gasteiger partial charge < -0.3 is 10.4 Å². The highest BCUT2D eigenvalue weighted by molar-refractivity contribution is 5.91. The van der Waals surface area contributed by atoms with Gasteiger partial charge in [-0.3, -0.25) is 0 Å². The van der Waals surface area contributed by atoms with E-state index in [1.54, 1.807) is 12.1 Å². The third-order valence-corrected chi connectivity index (χ3v) is 3.50. The van der Waals surface area contributed by atoms with Gasteiger partial charge in [0, 0.05) is 5.69 Å². The molecule has 0 fully saturated rings. The number of benzene rings is 2. The van der Waals surface area contributed by atoms with Crippen LogP contribution in [0.1, 0.15) is 40.9 Å². The fraction of sp³-hybridized carbons (Fsp3) is 0.235. The van der Waals surface area contributed by atoms with Crippen LogP contribution >= 0.6 is 0 Å². The minimum absolute atomic E-state index is 0.180. The molecular formula is C17H19NO2. The van der Waals surface area contributed by atoms with Crippen molar-refractivity contribution >= 4 is 11.7 Å². The molecule has 1 atom stereocenters. The number of carbonyl (C=O) groups is 1. The van der Waals surface area contributed by atoms with Gasteiger partial charge in [0.1, 0.15) is 0 Å². The minimum atomic E-state index is -0.890. The summed E-state index contributed by atoms with van der Waals surface area (Å²) in [5, 5.41) is 12.6. The predicted molar refractivity (Wildman–Crippen MR) is 81.2 cm³/mol. The van der Waals surface area contributed by atoms with Crippen molar-refractivity contribution in [3.05, 3.63) is 65.2 Å². The lowest BCUT2D eigenvalue weighted by Gasteiger charge is -2.20. The van der Waals surface area contributed by atoms with E-state index in [1.165, 1.54) is 5.56 Å². The Kier molecular flexibility index (Phi) is 4.41. The molecule has 2 aromatic rings. The van der Waals surface area contributed by atoms with Gasteiger partial charge in [-0.25, -0.2) is 4.79 Å². The summed E-state index contributed by atoms with van der Waals surface area (Å²) in [6, 6.07) is 15.7. The van der Waals surface area contributed by atoms with Crippen LogP contribution in [0.5, 0.6) is 0 Å². The van der Waals surface area contributed by atoms with Crippen molar-refractivity contribution in [2.75, 3.05) is 5.32 Å². The summed E-state index contributed by atoms with van der Waals surface area (Å²) in [5.41, 5.74) is 3.20. The van der Waals surface area contributed by atoms with Gasteiger partial charge >= 0.3 is 5.97 Å². The molecule has 0 radical (unpaired) electrons. The highest BCUT2D eigenvalue weighted by Gasteiger charge is 2.13. The lowest BCUT2D eigenvalue weighted by atomic mass is 10.0. The van der Waals surface area contributed by atoms with E-state index in [4.69, 9.17) is 0 Å². The molecule has 0 bridgehead atoms. The summed E-state index contributed by atoms with van der Waals surface area (Å²) in [6.45, 7) is 3.95. The second-order valence-corrected chi connectivity index (χ2v) is 4.80. The van der Waals surface area contributed by atoms with Crippen molar-refractivity contribution in [3.63, 3.8) is 0 Å². The average molecular weight is 269 g/mol. The first-order valence-electron chi connectivity index (χ1n) is 6.78. The van der Waals surface area contributed by atoms with Crippen LogP contribution in [0.2, 0.25) is 0 Å². The van der Waals surface area contributed by atoms with Gasteiger partial charge in [0.2, 0.25) is 0 Å². The maximum Gasteiger partial charge on any atom is 0.336 e. The Hall–Kier alpha value is -2.29. The number of carboxylic acid groups (broad SMARTS) is 1. The Morgan fingerprint density at radius 2 is 1.85 bits per heavy atom. The van der Waals surface area contributed by atoms with E-state index in [0.717, 1.165) is 17.7 Å². The van der Waals surface area contributed by atoms with Gasteiger partial charge in [0.15, 0.2) is 0 Å². The van der Waals surface area contributed by atoms with Crippen molar-refractivity contribution < 1.29 is 9.90 Å². The van der Waals surface area contributed by atoms with Crippen LogP contribution < -0.4 is 5.32 Å². The van der Waals surface area contributed by atoms with Crippen LogP contribution in [-0.4, -0.2) is 11.1 Å². The molecule has 2 N–H and O–H groups in total. The highest BCUT2D eigenvalue weighted by Crippen LogP contribution is 2.26. The minimum Gasteiger partial charge on any atom is -0.478 e. The molecule has 20 heavy (non-hydrogen) atoms. The van der Waals surface area contributed by atoms with E-state index in [2.05, 4.69) is 24.4 Å². The van der Waals surface area contributed by atoms with Crippen LogP contribution in [0, 0.1) is 6.92 Å². The first kappa shape index (κ1) is 14.1. The Balaban J connectivity index is 2.29. The molecule has 2 aromatic carbocycles. The maximum absolute atomic E-state index is 11.2. The molecule has 104 valence electrons. The van der Waals surface area contributed by atoms with E-state index in [9.17, 15) is 9.90 Å². The number of anilines is 1. The van der Waals surface area contributed by atoms with Crippen LogP contribution in [0.15, 0.2) is 48.5 Å². The zero-order valence-corrected chi connectivity index (χ0v) is 11.8. The average Bonchev–Trinajstić information content (AvgIpc) is 2.47. The number of hydrogen-bond donors (Lipinski definition) is 2. The van der Waals surface area contributed by atoms with Crippen molar-refractivity contribution in [3.8, 4) is 0 Å². The normalized spacial score (nSPS) is 11.9. The molecule has 0 saturated carbocycles.